The van der Waals surface area contributed by atoms with Crippen molar-refractivity contribution >= 4 is 11.9 Å². The topological polar surface area (TPSA) is 67.4 Å². The van der Waals surface area contributed by atoms with Crippen molar-refractivity contribution in [3.05, 3.63) is 71.8 Å². The van der Waals surface area contributed by atoms with Crippen LogP contribution in [0.15, 0.2) is 60.7 Å². The van der Waals surface area contributed by atoms with Crippen LogP contribution in [0.3, 0.4) is 0 Å². The Morgan fingerprint density at radius 3 is 1.96 bits per heavy atom. The van der Waals surface area contributed by atoms with E-state index in [0.717, 1.165) is 11.1 Å². The number of β-lactam (4-membered cyclic amide) rings is 1. The molecule has 3 rings (SSSR count). The van der Waals surface area contributed by atoms with Crippen LogP contribution in [0.2, 0.25) is 0 Å². The lowest BCUT2D eigenvalue weighted by Crippen LogP contribution is -2.67. The monoisotopic (exact) mass is 310 g/mol. The number of methoxy groups -OCH3 is 1. The molecule has 1 unspecified atom stereocenters. The zero-order chi connectivity index (χ0) is 16.3. The van der Waals surface area contributed by atoms with Gasteiger partial charge in [-0.05, 0) is 11.1 Å². The molecule has 1 aliphatic rings. The molecule has 1 heterocycles. The first-order valence-electron chi connectivity index (χ1n) is 7.43. The van der Waals surface area contributed by atoms with Crippen LogP contribution in [-0.4, -0.2) is 31.6 Å². The zero-order valence-corrected chi connectivity index (χ0v) is 12.8. The summed E-state index contributed by atoms with van der Waals surface area (Å²) in [5.41, 5.74) is 0.246. The molecule has 1 amide bonds. The molecule has 0 spiro atoms. The van der Waals surface area contributed by atoms with E-state index in [9.17, 15) is 9.59 Å². The number of hydrogen-bond acceptors (Lipinski definition) is 4. The number of hydrogen-bond donors (Lipinski definition) is 2. The normalized spacial score (nSPS) is 17.1. The molecule has 23 heavy (non-hydrogen) atoms. The number of ether oxygens (including phenoxy) is 1. The minimum absolute atomic E-state index is 0.120. The Morgan fingerprint density at radius 2 is 1.61 bits per heavy atom. The van der Waals surface area contributed by atoms with E-state index in [1.807, 2.05) is 60.7 Å². The van der Waals surface area contributed by atoms with Crippen LogP contribution in [0, 0.1) is 0 Å². The summed E-state index contributed by atoms with van der Waals surface area (Å²) >= 11 is 0. The third-order valence-corrected chi connectivity index (χ3v) is 4.09. The fourth-order valence-electron chi connectivity index (χ4n) is 2.82. The number of carbonyl (C=O) groups excluding carboxylic acids is 2. The first-order valence-corrected chi connectivity index (χ1v) is 7.43. The van der Waals surface area contributed by atoms with Gasteiger partial charge >= 0.3 is 5.97 Å². The summed E-state index contributed by atoms with van der Waals surface area (Å²) in [4.78, 5) is 24.6. The van der Waals surface area contributed by atoms with Gasteiger partial charge in [-0.15, -0.1) is 0 Å². The Bertz CT molecular complexity index is 661. The van der Waals surface area contributed by atoms with Crippen molar-refractivity contribution in [3.63, 3.8) is 0 Å². The van der Waals surface area contributed by atoms with Gasteiger partial charge < -0.3 is 10.1 Å². The van der Waals surface area contributed by atoms with Crippen molar-refractivity contribution < 1.29 is 14.3 Å². The third-order valence-electron chi connectivity index (χ3n) is 4.09. The molecule has 0 saturated carbocycles. The van der Waals surface area contributed by atoms with Gasteiger partial charge in [-0.3, -0.25) is 10.1 Å². The van der Waals surface area contributed by atoms with E-state index >= 15 is 0 Å². The maximum absolute atomic E-state index is 12.8. The number of rotatable bonds is 5. The maximum atomic E-state index is 12.8. The summed E-state index contributed by atoms with van der Waals surface area (Å²) in [6, 6.07) is 18.2. The number of carbonyl (C=O) groups is 2. The molecule has 1 aliphatic heterocycles. The zero-order valence-electron chi connectivity index (χ0n) is 12.8. The van der Waals surface area contributed by atoms with Crippen molar-refractivity contribution in [3.8, 4) is 0 Å². The van der Waals surface area contributed by atoms with E-state index < -0.39 is 17.6 Å². The second kappa shape index (κ2) is 6.22. The fourth-order valence-corrected chi connectivity index (χ4v) is 2.82. The van der Waals surface area contributed by atoms with Gasteiger partial charge in [0.15, 0.2) is 5.54 Å². The second-order valence-electron chi connectivity index (χ2n) is 5.42. The van der Waals surface area contributed by atoms with Gasteiger partial charge in [0.25, 0.3) is 0 Å². The molecular weight excluding hydrogens is 292 g/mol. The lowest BCUT2D eigenvalue weighted by atomic mass is 9.81. The Labute approximate surface area is 134 Å². The van der Waals surface area contributed by atoms with Gasteiger partial charge in [0.1, 0.15) is 6.04 Å². The van der Waals surface area contributed by atoms with Crippen molar-refractivity contribution in [2.24, 2.45) is 0 Å². The van der Waals surface area contributed by atoms with E-state index in [2.05, 4.69) is 10.6 Å². The minimum Gasteiger partial charge on any atom is -0.467 e. The maximum Gasteiger partial charge on any atom is 0.335 e. The standard InChI is InChI=1S/C18H18N2O3/c1-23-17(22)18(13-8-4-2-5-9-13,14-10-6-3-7-11-14)20-15-12-19-16(15)21/h2-11,15,20H,12H2,1H3,(H,19,21). The number of nitrogens with one attached hydrogen (secondary N) is 2. The van der Waals surface area contributed by atoms with Gasteiger partial charge in [0.2, 0.25) is 5.91 Å². The van der Waals surface area contributed by atoms with Crippen LogP contribution in [0.4, 0.5) is 0 Å². The lowest BCUT2D eigenvalue weighted by molar-refractivity contribution is -0.148. The molecule has 5 heteroatoms. The molecule has 0 aromatic heterocycles. The van der Waals surface area contributed by atoms with Crippen LogP contribution in [0.1, 0.15) is 11.1 Å². The van der Waals surface area contributed by atoms with E-state index in [1.165, 1.54) is 7.11 Å². The Morgan fingerprint density at radius 1 is 1.09 bits per heavy atom. The quantitative estimate of drug-likeness (QED) is 0.643. The van der Waals surface area contributed by atoms with Crippen molar-refractivity contribution in [1.82, 2.24) is 10.6 Å². The van der Waals surface area contributed by atoms with E-state index in [1.54, 1.807) is 0 Å². The average molecular weight is 310 g/mol. The summed E-state index contributed by atoms with van der Waals surface area (Å²) in [5.74, 6) is -0.570. The van der Waals surface area contributed by atoms with Crippen LogP contribution in [0.25, 0.3) is 0 Å². The Hall–Kier alpha value is -2.66. The highest BCUT2D eigenvalue weighted by Gasteiger charge is 2.47. The largest absolute Gasteiger partial charge is 0.467 e. The molecule has 2 N–H and O–H groups in total. The highest BCUT2D eigenvalue weighted by molar-refractivity contribution is 5.91. The van der Waals surface area contributed by atoms with Crippen LogP contribution in [-0.2, 0) is 19.9 Å². The van der Waals surface area contributed by atoms with Gasteiger partial charge in [-0.2, -0.15) is 0 Å². The summed E-state index contributed by atoms with van der Waals surface area (Å²) in [6.07, 6.45) is 0. The van der Waals surface area contributed by atoms with E-state index in [4.69, 9.17) is 4.74 Å². The minimum atomic E-state index is -1.22. The average Bonchev–Trinajstić information content (AvgIpc) is 2.62. The Balaban J connectivity index is 2.16. The summed E-state index contributed by atoms with van der Waals surface area (Å²) in [7, 11) is 1.35. The van der Waals surface area contributed by atoms with Gasteiger partial charge in [0.05, 0.1) is 7.11 Å². The summed E-state index contributed by atoms with van der Waals surface area (Å²) in [6.45, 7) is 0.483. The smallest absolute Gasteiger partial charge is 0.335 e. The predicted molar refractivity (Wildman–Crippen MR) is 85.6 cm³/mol. The molecule has 1 fully saturated rings. The van der Waals surface area contributed by atoms with Crippen molar-refractivity contribution in [1.29, 1.82) is 0 Å². The molecule has 5 nitrogen and oxygen atoms in total. The van der Waals surface area contributed by atoms with Crippen LogP contribution in [0.5, 0.6) is 0 Å². The van der Waals surface area contributed by atoms with Gasteiger partial charge in [0, 0.05) is 6.54 Å². The highest BCUT2D eigenvalue weighted by Crippen LogP contribution is 2.32. The molecule has 0 bridgehead atoms. The second-order valence-corrected chi connectivity index (χ2v) is 5.42. The van der Waals surface area contributed by atoms with Gasteiger partial charge in [-0.25, -0.2) is 4.79 Å². The molecule has 2 aromatic rings. The molecule has 1 saturated heterocycles. The first kappa shape index (κ1) is 15.2. The van der Waals surface area contributed by atoms with Crippen molar-refractivity contribution in [2.45, 2.75) is 11.6 Å². The fraction of sp³-hybridized carbons (Fsp3) is 0.222. The van der Waals surface area contributed by atoms with E-state index in [-0.39, 0.29) is 5.91 Å². The van der Waals surface area contributed by atoms with Crippen LogP contribution < -0.4 is 10.6 Å². The van der Waals surface area contributed by atoms with Gasteiger partial charge in [-0.1, -0.05) is 60.7 Å². The number of amides is 1. The van der Waals surface area contributed by atoms with E-state index in [0.29, 0.717) is 6.54 Å². The third kappa shape index (κ3) is 2.59. The van der Waals surface area contributed by atoms with Crippen molar-refractivity contribution in [2.75, 3.05) is 13.7 Å². The molecule has 2 aromatic carbocycles. The number of benzene rings is 2. The number of esters is 1. The first-order chi connectivity index (χ1) is 11.2. The molecular formula is C18H18N2O3. The molecule has 1 atom stereocenters. The summed E-state index contributed by atoms with van der Waals surface area (Å²) in [5, 5.41) is 5.90. The predicted octanol–water partition coefficient (Wildman–Crippen LogP) is 1.19. The SMILES string of the molecule is COC(=O)C(NC1CNC1=O)(c1ccccc1)c1ccccc1. The summed E-state index contributed by atoms with van der Waals surface area (Å²) < 4.78 is 5.10. The highest BCUT2D eigenvalue weighted by atomic mass is 16.5. The lowest BCUT2D eigenvalue weighted by Gasteiger charge is -2.39. The molecule has 0 radical (unpaired) electrons. The van der Waals surface area contributed by atoms with Crippen LogP contribution >= 0.6 is 0 Å². The Kier molecular flexibility index (Phi) is 4.12. The molecule has 0 aliphatic carbocycles. The molecule has 118 valence electrons.